The predicted octanol–water partition coefficient (Wildman–Crippen LogP) is 3.54. The molecular weight excluding hydrogens is 216 g/mol. The third-order valence-electron chi connectivity index (χ3n) is 2.50. The van der Waals surface area contributed by atoms with E-state index in [9.17, 15) is 5.11 Å². The Bertz CT molecular complexity index is 433. The van der Waals surface area contributed by atoms with Crippen molar-refractivity contribution in [2.24, 2.45) is 0 Å². The summed E-state index contributed by atoms with van der Waals surface area (Å²) in [5, 5.41) is 9.91. The third kappa shape index (κ3) is 2.65. The molecule has 2 rings (SSSR count). The van der Waals surface area contributed by atoms with Gasteiger partial charge >= 0.3 is 0 Å². The number of aliphatic hydroxyl groups is 1. The fourth-order valence-electron chi connectivity index (χ4n) is 1.48. The van der Waals surface area contributed by atoms with Crippen LogP contribution in [-0.4, -0.2) is 10.7 Å². The van der Waals surface area contributed by atoms with Crippen LogP contribution in [0.5, 0.6) is 0 Å². The van der Waals surface area contributed by atoms with Crippen LogP contribution in [0.3, 0.4) is 0 Å². The minimum atomic E-state index is -0.860. The number of hydrogen-bond donors (Lipinski definition) is 1. The molecule has 1 aromatic rings. The van der Waals surface area contributed by atoms with E-state index < -0.39 is 5.60 Å². The molecule has 0 radical (unpaired) electrons. The van der Waals surface area contributed by atoms with Crippen molar-refractivity contribution in [1.29, 1.82) is 0 Å². The summed E-state index contributed by atoms with van der Waals surface area (Å²) in [6.45, 7) is 3.63. The first-order chi connectivity index (χ1) is 7.72. The van der Waals surface area contributed by atoms with Crippen LogP contribution in [0.2, 0.25) is 0 Å². The maximum Gasteiger partial charge on any atom is 0.104 e. The minimum Gasteiger partial charge on any atom is -0.381 e. The maximum atomic E-state index is 9.91. The highest BCUT2D eigenvalue weighted by atomic mass is 32.2. The molecule has 0 fully saturated rings. The molecule has 16 heavy (non-hydrogen) atoms. The zero-order valence-electron chi connectivity index (χ0n) is 8.97. The minimum absolute atomic E-state index is 0.599. The van der Waals surface area contributed by atoms with Crippen molar-refractivity contribution in [3.8, 4) is 0 Å². The fourth-order valence-corrected chi connectivity index (χ4v) is 2.35. The van der Waals surface area contributed by atoms with Gasteiger partial charge in [-0.2, -0.15) is 0 Å². The molecular formula is C14H14OS. The predicted molar refractivity (Wildman–Crippen MR) is 69.3 cm³/mol. The second-order valence-electron chi connectivity index (χ2n) is 3.75. The second-order valence-corrected chi connectivity index (χ2v) is 4.90. The van der Waals surface area contributed by atoms with Gasteiger partial charge in [0.25, 0.3) is 0 Å². The smallest absolute Gasteiger partial charge is 0.104 e. The topological polar surface area (TPSA) is 20.2 Å². The van der Waals surface area contributed by atoms with Crippen molar-refractivity contribution in [3.05, 3.63) is 66.1 Å². The van der Waals surface area contributed by atoms with Gasteiger partial charge in [0.2, 0.25) is 0 Å². The molecule has 1 unspecified atom stereocenters. The van der Waals surface area contributed by atoms with E-state index in [0.29, 0.717) is 6.42 Å². The van der Waals surface area contributed by atoms with Crippen molar-refractivity contribution in [2.45, 2.75) is 16.9 Å². The van der Waals surface area contributed by atoms with E-state index in [4.69, 9.17) is 0 Å². The highest BCUT2D eigenvalue weighted by Crippen LogP contribution is 2.32. The lowest BCUT2D eigenvalue weighted by Gasteiger charge is -2.22. The molecule has 0 aliphatic heterocycles. The van der Waals surface area contributed by atoms with Crippen LogP contribution in [0.25, 0.3) is 0 Å². The summed E-state index contributed by atoms with van der Waals surface area (Å²) < 4.78 is 0. The summed E-state index contributed by atoms with van der Waals surface area (Å²) in [7, 11) is 0. The van der Waals surface area contributed by atoms with Crippen molar-refractivity contribution in [1.82, 2.24) is 0 Å². The molecule has 0 aromatic heterocycles. The first-order valence-corrected chi connectivity index (χ1v) is 6.02. The lowest BCUT2D eigenvalue weighted by molar-refractivity contribution is 0.145. The van der Waals surface area contributed by atoms with Gasteiger partial charge in [-0.3, -0.25) is 0 Å². The van der Waals surface area contributed by atoms with Crippen molar-refractivity contribution in [3.63, 3.8) is 0 Å². The van der Waals surface area contributed by atoms with Gasteiger partial charge in [-0.1, -0.05) is 48.7 Å². The lowest BCUT2D eigenvalue weighted by atomic mass is 9.96. The van der Waals surface area contributed by atoms with Gasteiger partial charge in [0.1, 0.15) is 5.60 Å². The molecule has 1 aliphatic carbocycles. The largest absolute Gasteiger partial charge is 0.381 e. The van der Waals surface area contributed by atoms with Gasteiger partial charge in [-0.25, -0.2) is 0 Å². The van der Waals surface area contributed by atoms with E-state index in [2.05, 4.69) is 18.7 Å². The van der Waals surface area contributed by atoms with Crippen LogP contribution in [0.1, 0.15) is 6.42 Å². The molecule has 2 heteroatoms. The van der Waals surface area contributed by atoms with E-state index in [-0.39, 0.29) is 0 Å². The summed E-state index contributed by atoms with van der Waals surface area (Å²) in [5.41, 5.74) is -0.860. The SMILES string of the molecule is C=CC1(O)C=CC(Sc2ccccc2)=CC1. The quantitative estimate of drug-likeness (QED) is 0.801. The van der Waals surface area contributed by atoms with E-state index in [0.717, 1.165) is 4.91 Å². The number of benzene rings is 1. The highest BCUT2D eigenvalue weighted by Gasteiger charge is 2.20. The normalized spacial score (nSPS) is 23.9. The zero-order chi connectivity index (χ0) is 11.4. The van der Waals surface area contributed by atoms with Gasteiger partial charge in [-0.05, 0) is 24.3 Å². The van der Waals surface area contributed by atoms with E-state index in [1.54, 1.807) is 23.9 Å². The van der Waals surface area contributed by atoms with Crippen molar-refractivity contribution >= 4 is 11.8 Å². The first-order valence-electron chi connectivity index (χ1n) is 5.20. The van der Waals surface area contributed by atoms with Crippen LogP contribution < -0.4 is 0 Å². The molecule has 82 valence electrons. The molecule has 0 saturated carbocycles. The molecule has 1 atom stereocenters. The highest BCUT2D eigenvalue weighted by molar-refractivity contribution is 8.03. The average molecular weight is 230 g/mol. The van der Waals surface area contributed by atoms with Gasteiger partial charge in [0.05, 0.1) is 0 Å². The molecule has 0 amide bonds. The molecule has 1 N–H and O–H groups in total. The number of rotatable bonds is 3. The summed E-state index contributed by atoms with van der Waals surface area (Å²) >= 11 is 1.70. The monoisotopic (exact) mass is 230 g/mol. The molecule has 0 heterocycles. The average Bonchev–Trinajstić information content (AvgIpc) is 2.34. The summed E-state index contributed by atoms with van der Waals surface area (Å²) in [6, 6.07) is 10.2. The Labute approximate surface area is 100 Å². The Morgan fingerprint density at radius 2 is 2.06 bits per heavy atom. The Kier molecular flexibility index (Phi) is 3.32. The summed E-state index contributed by atoms with van der Waals surface area (Å²) in [5.74, 6) is 0. The molecule has 0 saturated heterocycles. The van der Waals surface area contributed by atoms with Gasteiger partial charge in [0.15, 0.2) is 0 Å². The summed E-state index contributed by atoms with van der Waals surface area (Å²) in [6.07, 6.45) is 7.96. The fraction of sp³-hybridized carbons (Fsp3) is 0.143. The number of hydrogen-bond acceptors (Lipinski definition) is 2. The maximum absolute atomic E-state index is 9.91. The van der Waals surface area contributed by atoms with Crippen LogP contribution in [-0.2, 0) is 0 Å². The Morgan fingerprint density at radius 3 is 2.62 bits per heavy atom. The number of allylic oxidation sites excluding steroid dienone is 1. The van der Waals surface area contributed by atoms with Gasteiger partial charge < -0.3 is 5.11 Å². The van der Waals surface area contributed by atoms with E-state index in [1.165, 1.54) is 4.90 Å². The Morgan fingerprint density at radius 1 is 1.31 bits per heavy atom. The zero-order valence-corrected chi connectivity index (χ0v) is 9.78. The van der Waals surface area contributed by atoms with Crippen molar-refractivity contribution < 1.29 is 5.11 Å². The first kappa shape index (κ1) is 11.2. The van der Waals surface area contributed by atoms with E-state index in [1.807, 2.05) is 30.4 Å². The van der Waals surface area contributed by atoms with Crippen LogP contribution in [0.4, 0.5) is 0 Å². The van der Waals surface area contributed by atoms with Crippen LogP contribution in [0, 0.1) is 0 Å². The molecule has 1 aliphatic rings. The molecule has 0 bridgehead atoms. The van der Waals surface area contributed by atoms with Crippen LogP contribution >= 0.6 is 11.8 Å². The lowest BCUT2D eigenvalue weighted by Crippen LogP contribution is -2.22. The Balaban J connectivity index is 2.05. The Hall–Kier alpha value is -1.25. The van der Waals surface area contributed by atoms with Crippen molar-refractivity contribution in [2.75, 3.05) is 0 Å². The number of thioether (sulfide) groups is 1. The van der Waals surface area contributed by atoms with Gasteiger partial charge in [0, 0.05) is 16.2 Å². The van der Waals surface area contributed by atoms with Gasteiger partial charge in [-0.15, -0.1) is 0 Å². The molecule has 0 spiro atoms. The second kappa shape index (κ2) is 4.73. The standard InChI is InChI=1S/C14H14OS/c1-2-14(15)10-8-13(9-11-14)16-12-6-4-3-5-7-12/h2-10,15H,1,11H2. The third-order valence-corrected chi connectivity index (χ3v) is 3.55. The van der Waals surface area contributed by atoms with E-state index >= 15 is 0 Å². The molecule has 1 aromatic carbocycles. The molecule has 1 nitrogen and oxygen atoms in total. The summed E-state index contributed by atoms with van der Waals surface area (Å²) in [4.78, 5) is 2.38. The van der Waals surface area contributed by atoms with Crippen LogP contribution in [0.15, 0.2) is 71.0 Å².